The van der Waals surface area contributed by atoms with Crippen LogP contribution in [0.2, 0.25) is 0 Å². The summed E-state index contributed by atoms with van der Waals surface area (Å²) in [6.07, 6.45) is 2.93. The number of hydrogen-bond acceptors (Lipinski definition) is 2. The molecule has 0 aliphatic carbocycles. The molecule has 4 heteroatoms. The molecule has 0 aliphatic heterocycles. The maximum Gasteiger partial charge on any atom is 0.152 e. The van der Waals surface area contributed by atoms with Gasteiger partial charge in [0.2, 0.25) is 0 Å². The first-order valence-electron chi connectivity index (χ1n) is 5.55. The maximum atomic E-state index is 11.7. The molecule has 0 amide bonds. The summed E-state index contributed by atoms with van der Waals surface area (Å²) in [5.41, 5.74) is 0.122. The molecule has 0 rings (SSSR count). The van der Waals surface area contributed by atoms with Gasteiger partial charge in [-0.1, -0.05) is 36.2 Å². The number of rotatable bonds is 7. The highest BCUT2D eigenvalue weighted by atomic mass is 79.9. The molecule has 0 aromatic carbocycles. The van der Waals surface area contributed by atoms with E-state index in [9.17, 15) is 8.42 Å². The topological polar surface area (TPSA) is 34.1 Å². The van der Waals surface area contributed by atoms with Crippen molar-refractivity contribution in [2.45, 2.75) is 52.2 Å². The predicted molar refractivity (Wildman–Crippen MR) is 70.3 cm³/mol. The van der Waals surface area contributed by atoms with Crippen molar-refractivity contribution in [3.63, 3.8) is 0 Å². The second-order valence-electron chi connectivity index (χ2n) is 4.86. The Kier molecular flexibility index (Phi) is 6.41. The van der Waals surface area contributed by atoms with Crippen molar-refractivity contribution in [1.29, 1.82) is 0 Å². The fraction of sp³-hybridized carbons (Fsp3) is 1.00. The summed E-state index contributed by atoms with van der Waals surface area (Å²) in [5, 5.41) is 0.625. The molecule has 1 unspecified atom stereocenters. The maximum absolute atomic E-state index is 11.7. The third-order valence-electron chi connectivity index (χ3n) is 2.88. The van der Waals surface area contributed by atoms with E-state index in [0.29, 0.717) is 5.75 Å². The second kappa shape index (κ2) is 6.24. The molecule has 15 heavy (non-hydrogen) atoms. The average molecular weight is 299 g/mol. The van der Waals surface area contributed by atoms with Gasteiger partial charge in [0, 0.05) is 5.33 Å². The van der Waals surface area contributed by atoms with Gasteiger partial charge >= 0.3 is 0 Å². The average Bonchev–Trinajstić information content (AvgIpc) is 2.15. The van der Waals surface area contributed by atoms with Crippen LogP contribution in [0.15, 0.2) is 0 Å². The first-order valence-corrected chi connectivity index (χ1v) is 8.38. The molecule has 0 bridgehead atoms. The predicted octanol–water partition coefficient (Wildman–Crippen LogP) is 3.40. The van der Waals surface area contributed by atoms with Crippen LogP contribution in [0, 0.1) is 5.41 Å². The van der Waals surface area contributed by atoms with Crippen LogP contribution in [0.5, 0.6) is 0 Å². The minimum Gasteiger partial charge on any atom is -0.229 e. The van der Waals surface area contributed by atoms with E-state index in [-0.39, 0.29) is 10.7 Å². The van der Waals surface area contributed by atoms with Crippen LogP contribution in [0.3, 0.4) is 0 Å². The Morgan fingerprint density at radius 2 is 1.80 bits per heavy atom. The van der Waals surface area contributed by atoms with Gasteiger partial charge in [-0.2, -0.15) is 0 Å². The number of halogens is 1. The number of alkyl halides is 1. The van der Waals surface area contributed by atoms with E-state index in [1.165, 1.54) is 0 Å². The standard InChI is InChI=1S/C11H23BrO2S/c1-5-6-11(4,9-12)7-8-15(13,14)10(2)3/h10H,5-9H2,1-4H3. The zero-order chi connectivity index (χ0) is 12.1. The highest BCUT2D eigenvalue weighted by molar-refractivity contribution is 9.09. The molecule has 0 fully saturated rings. The van der Waals surface area contributed by atoms with Crippen LogP contribution < -0.4 is 0 Å². The largest absolute Gasteiger partial charge is 0.229 e. The van der Waals surface area contributed by atoms with Crippen molar-refractivity contribution in [3.8, 4) is 0 Å². The minimum atomic E-state index is -2.88. The van der Waals surface area contributed by atoms with Gasteiger partial charge in [-0.25, -0.2) is 8.42 Å². The molecule has 0 heterocycles. The van der Waals surface area contributed by atoms with Crippen molar-refractivity contribution in [1.82, 2.24) is 0 Å². The highest BCUT2D eigenvalue weighted by Gasteiger charge is 2.26. The quantitative estimate of drug-likeness (QED) is 0.675. The Labute approximate surface area is 103 Å². The second-order valence-corrected chi connectivity index (χ2v) is 8.10. The number of hydrogen-bond donors (Lipinski definition) is 0. The third-order valence-corrected chi connectivity index (χ3v) is 6.45. The van der Waals surface area contributed by atoms with E-state index in [1.807, 2.05) is 0 Å². The molecule has 0 N–H and O–H groups in total. The zero-order valence-corrected chi connectivity index (χ0v) is 12.6. The van der Waals surface area contributed by atoms with Crippen molar-refractivity contribution in [3.05, 3.63) is 0 Å². The summed E-state index contributed by atoms with van der Waals surface area (Å²) in [6, 6.07) is 0. The first-order chi connectivity index (χ1) is 6.77. The normalized spacial score (nSPS) is 16.7. The van der Waals surface area contributed by atoms with Gasteiger partial charge in [0.1, 0.15) is 0 Å². The summed E-state index contributed by atoms with van der Waals surface area (Å²) in [5.74, 6) is 0.312. The van der Waals surface area contributed by atoms with E-state index in [1.54, 1.807) is 13.8 Å². The Morgan fingerprint density at radius 3 is 2.13 bits per heavy atom. The van der Waals surface area contributed by atoms with Crippen LogP contribution in [0.25, 0.3) is 0 Å². The van der Waals surface area contributed by atoms with Crippen molar-refractivity contribution >= 4 is 25.8 Å². The lowest BCUT2D eigenvalue weighted by atomic mass is 9.85. The first kappa shape index (κ1) is 15.4. The van der Waals surface area contributed by atoms with Gasteiger partial charge in [-0.05, 0) is 32.1 Å². The molecule has 0 aromatic rings. The van der Waals surface area contributed by atoms with Gasteiger partial charge in [0.05, 0.1) is 11.0 Å². The monoisotopic (exact) mass is 298 g/mol. The van der Waals surface area contributed by atoms with Crippen LogP contribution >= 0.6 is 15.9 Å². The van der Waals surface area contributed by atoms with Crippen LogP contribution in [0.1, 0.15) is 47.0 Å². The Bertz CT molecular complexity index is 272. The molecule has 92 valence electrons. The van der Waals surface area contributed by atoms with Crippen molar-refractivity contribution < 1.29 is 8.42 Å². The van der Waals surface area contributed by atoms with Gasteiger partial charge in [0.15, 0.2) is 9.84 Å². The summed E-state index contributed by atoms with van der Waals surface area (Å²) in [4.78, 5) is 0. The van der Waals surface area contributed by atoms with E-state index >= 15 is 0 Å². The van der Waals surface area contributed by atoms with E-state index in [0.717, 1.165) is 24.6 Å². The molecule has 0 aromatic heterocycles. The Morgan fingerprint density at radius 1 is 1.27 bits per heavy atom. The van der Waals surface area contributed by atoms with Crippen LogP contribution in [-0.4, -0.2) is 24.8 Å². The fourth-order valence-corrected chi connectivity index (χ4v) is 3.30. The SMILES string of the molecule is CCCC(C)(CBr)CCS(=O)(=O)C(C)C. The van der Waals surface area contributed by atoms with E-state index < -0.39 is 9.84 Å². The molecular formula is C11H23BrO2S. The van der Waals surface area contributed by atoms with Crippen LogP contribution in [0.4, 0.5) is 0 Å². The molecule has 0 saturated heterocycles. The fourth-order valence-electron chi connectivity index (χ4n) is 1.49. The summed E-state index contributed by atoms with van der Waals surface area (Å²) >= 11 is 3.48. The molecule has 1 atom stereocenters. The lowest BCUT2D eigenvalue weighted by Crippen LogP contribution is -2.26. The Balaban J connectivity index is 4.36. The van der Waals surface area contributed by atoms with Gasteiger partial charge in [0.25, 0.3) is 0 Å². The van der Waals surface area contributed by atoms with Gasteiger partial charge < -0.3 is 0 Å². The molecule has 0 saturated carbocycles. The molecule has 0 aliphatic rings. The summed E-state index contributed by atoms with van der Waals surface area (Å²) < 4.78 is 23.4. The summed E-state index contributed by atoms with van der Waals surface area (Å²) in [7, 11) is -2.88. The summed E-state index contributed by atoms with van der Waals surface area (Å²) in [6.45, 7) is 7.79. The molecule has 0 radical (unpaired) electrons. The third kappa shape index (κ3) is 5.34. The van der Waals surface area contributed by atoms with Gasteiger partial charge in [-0.3, -0.25) is 0 Å². The lowest BCUT2D eigenvalue weighted by molar-refractivity contribution is 0.330. The molecule has 0 spiro atoms. The zero-order valence-electron chi connectivity index (χ0n) is 10.2. The Hall–Kier alpha value is 0.430. The van der Waals surface area contributed by atoms with E-state index in [2.05, 4.69) is 29.8 Å². The van der Waals surface area contributed by atoms with Crippen molar-refractivity contribution in [2.75, 3.05) is 11.1 Å². The van der Waals surface area contributed by atoms with E-state index in [4.69, 9.17) is 0 Å². The lowest BCUT2D eigenvalue weighted by Gasteiger charge is -2.27. The molecular weight excluding hydrogens is 276 g/mol. The van der Waals surface area contributed by atoms with Gasteiger partial charge in [-0.15, -0.1) is 0 Å². The van der Waals surface area contributed by atoms with Crippen molar-refractivity contribution in [2.24, 2.45) is 5.41 Å². The minimum absolute atomic E-state index is 0.122. The smallest absolute Gasteiger partial charge is 0.152 e. The highest BCUT2D eigenvalue weighted by Crippen LogP contribution is 2.30. The van der Waals surface area contributed by atoms with Crippen LogP contribution in [-0.2, 0) is 9.84 Å². The molecule has 2 nitrogen and oxygen atoms in total. The number of sulfone groups is 1.